The van der Waals surface area contributed by atoms with Gasteiger partial charge < -0.3 is 10.1 Å². The molecular weight excluding hydrogens is 350 g/mol. The summed E-state index contributed by atoms with van der Waals surface area (Å²) in [6.45, 7) is 7.28. The molecule has 26 heavy (non-hydrogen) atoms. The SMILES string of the molecule is CCC(CNC(=O)c1cc(C)n(C)n1)OCC(C)Cc1ccc(Cl)cc1. The molecule has 2 aromatic rings. The Morgan fingerprint density at radius 3 is 2.62 bits per heavy atom. The predicted molar refractivity (Wildman–Crippen MR) is 105 cm³/mol. The van der Waals surface area contributed by atoms with E-state index in [2.05, 4.69) is 24.3 Å². The minimum absolute atomic E-state index is 0.00331. The number of amides is 1. The molecule has 0 fully saturated rings. The molecule has 0 bridgehead atoms. The number of halogens is 1. The van der Waals surface area contributed by atoms with E-state index in [1.54, 1.807) is 10.7 Å². The molecule has 0 saturated heterocycles. The van der Waals surface area contributed by atoms with Gasteiger partial charge >= 0.3 is 0 Å². The molecule has 1 N–H and O–H groups in total. The van der Waals surface area contributed by atoms with Crippen LogP contribution in [-0.4, -0.2) is 34.9 Å². The molecular formula is C20H28ClN3O2. The van der Waals surface area contributed by atoms with Gasteiger partial charge in [0.15, 0.2) is 0 Å². The Morgan fingerprint density at radius 1 is 1.35 bits per heavy atom. The summed E-state index contributed by atoms with van der Waals surface area (Å²) in [4.78, 5) is 12.2. The zero-order chi connectivity index (χ0) is 19.1. The fourth-order valence-corrected chi connectivity index (χ4v) is 2.80. The zero-order valence-electron chi connectivity index (χ0n) is 16.0. The lowest BCUT2D eigenvalue weighted by molar-refractivity contribution is 0.0301. The van der Waals surface area contributed by atoms with Crippen molar-refractivity contribution in [1.29, 1.82) is 0 Å². The van der Waals surface area contributed by atoms with E-state index < -0.39 is 0 Å². The first-order chi connectivity index (χ1) is 12.4. The van der Waals surface area contributed by atoms with Gasteiger partial charge in [-0.1, -0.05) is 37.6 Å². The van der Waals surface area contributed by atoms with E-state index in [9.17, 15) is 4.79 Å². The quantitative estimate of drug-likeness (QED) is 0.723. The number of nitrogens with one attached hydrogen (secondary N) is 1. The van der Waals surface area contributed by atoms with Gasteiger partial charge in [0, 0.05) is 30.9 Å². The lowest BCUT2D eigenvalue weighted by atomic mass is 10.0. The van der Waals surface area contributed by atoms with Crippen LogP contribution < -0.4 is 5.32 Å². The highest BCUT2D eigenvalue weighted by Gasteiger charge is 2.15. The Labute approximate surface area is 160 Å². The van der Waals surface area contributed by atoms with Crippen LogP contribution in [0.25, 0.3) is 0 Å². The molecule has 0 spiro atoms. The van der Waals surface area contributed by atoms with Crippen molar-refractivity contribution < 1.29 is 9.53 Å². The van der Waals surface area contributed by atoms with Crippen LogP contribution in [0.3, 0.4) is 0 Å². The average Bonchev–Trinajstić information content (AvgIpc) is 2.96. The zero-order valence-corrected chi connectivity index (χ0v) is 16.7. The molecule has 2 unspecified atom stereocenters. The molecule has 142 valence electrons. The highest BCUT2D eigenvalue weighted by molar-refractivity contribution is 6.30. The summed E-state index contributed by atoms with van der Waals surface area (Å²) in [5, 5.41) is 7.86. The van der Waals surface area contributed by atoms with Crippen LogP contribution in [0.4, 0.5) is 0 Å². The van der Waals surface area contributed by atoms with Gasteiger partial charge in [0.1, 0.15) is 5.69 Å². The van der Waals surface area contributed by atoms with Gasteiger partial charge in [-0.2, -0.15) is 5.10 Å². The van der Waals surface area contributed by atoms with Crippen molar-refractivity contribution >= 4 is 17.5 Å². The van der Waals surface area contributed by atoms with Crippen molar-refractivity contribution in [3.63, 3.8) is 0 Å². The van der Waals surface area contributed by atoms with Crippen LogP contribution in [0.15, 0.2) is 30.3 Å². The molecule has 1 aromatic heterocycles. The van der Waals surface area contributed by atoms with Gasteiger partial charge in [0.2, 0.25) is 0 Å². The second-order valence-electron chi connectivity index (χ2n) is 6.80. The van der Waals surface area contributed by atoms with E-state index in [1.807, 2.05) is 38.2 Å². The number of carbonyl (C=O) groups excluding carboxylic acids is 1. The van der Waals surface area contributed by atoms with Crippen LogP contribution in [-0.2, 0) is 18.2 Å². The third-order valence-corrected chi connectivity index (χ3v) is 4.66. The Balaban J connectivity index is 1.75. The molecule has 0 aliphatic carbocycles. The van der Waals surface area contributed by atoms with Crippen molar-refractivity contribution in [3.05, 3.63) is 52.3 Å². The number of rotatable bonds is 9. The maximum Gasteiger partial charge on any atom is 0.271 e. The highest BCUT2D eigenvalue weighted by atomic mass is 35.5. The number of ether oxygens (including phenoxy) is 1. The summed E-state index contributed by atoms with van der Waals surface area (Å²) >= 11 is 5.92. The summed E-state index contributed by atoms with van der Waals surface area (Å²) in [5.74, 6) is 0.226. The molecule has 2 atom stereocenters. The van der Waals surface area contributed by atoms with E-state index in [-0.39, 0.29) is 12.0 Å². The van der Waals surface area contributed by atoms with E-state index in [0.717, 1.165) is 23.6 Å². The van der Waals surface area contributed by atoms with Gasteiger partial charge in [-0.05, 0) is 49.4 Å². The first-order valence-corrected chi connectivity index (χ1v) is 9.41. The lowest BCUT2D eigenvalue weighted by Gasteiger charge is -2.19. The van der Waals surface area contributed by atoms with E-state index in [1.165, 1.54) is 5.56 Å². The first-order valence-electron chi connectivity index (χ1n) is 9.04. The van der Waals surface area contributed by atoms with Crippen molar-refractivity contribution in [2.24, 2.45) is 13.0 Å². The van der Waals surface area contributed by atoms with E-state index >= 15 is 0 Å². The Morgan fingerprint density at radius 2 is 2.04 bits per heavy atom. The van der Waals surface area contributed by atoms with Gasteiger partial charge in [-0.25, -0.2) is 0 Å². The number of carbonyl (C=O) groups is 1. The van der Waals surface area contributed by atoms with Crippen molar-refractivity contribution in [1.82, 2.24) is 15.1 Å². The monoisotopic (exact) mass is 377 g/mol. The minimum atomic E-state index is -0.162. The number of aryl methyl sites for hydroxylation is 2. The first kappa shape index (κ1) is 20.5. The van der Waals surface area contributed by atoms with Crippen LogP contribution >= 0.6 is 11.6 Å². The summed E-state index contributed by atoms with van der Waals surface area (Å²) in [6.07, 6.45) is 1.78. The number of hydrogen-bond donors (Lipinski definition) is 1. The number of benzene rings is 1. The van der Waals surface area contributed by atoms with Gasteiger partial charge in [-0.15, -0.1) is 0 Å². The largest absolute Gasteiger partial charge is 0.376 e. The van der Waals surface area contributed by atoms with Crippen molar-refractivity contribution in [2.75, 3.05) is 13.2 Å². The molecule has 2 rings (SSSR count). The minimum Gasteiger partial charge on any atom is -0.376 e. The topological polar surface area (TPSA) is 56.2 Å². The van der Waals surface area contributed by atoms with Gasteiger partial charge in [-0.3, -0.25) is 9.48 Å². The third-order valence-electron chi connectivity index (χ3n) is 4.41. The van der Waals surface area contributed by atoms with Crippen molar-refractivity contribution in [3.8, 4) is 0 Å². The summed E-state index contributed by atoms with van der Waals surface area (Å²) in [7, 11) is 1.83. The molecule has 1 amide bonds. The standard InChI is InChI=1S/C20H28ClN3O2/c1-5-18(12-22-20(25)19-11-15(3)24(4)23-19)26-13-14(2)10-16-6-8-17(21)9-7-16/h6-9,11,14,18H,5,10,12-13H2,1-4H3,(H,22,25). The fourth-order valence-electron chi connectivity index (χ4n) is 2.67. The fraction of sp³-hybridized carbons (Fsp3) is 0.500. The van der Waals surface area contributed by atoms with Crippen LogP contribution in [0.2, 0.25) is 5.02 Å². The smallest absolute Gasteiger partial charge is 0.271 e. The van der Waals surface area contributed by atoms with Crippen molar-refractivity contribution in [2.45, 2.75) is 39.7 Å². The molecule has 5 nitrogen and oxygen atoms in total. The average molecular weight is 378 g/mol. The summed E-state index contributed by atoms with van der Waals surface area (Å²) in [6, 6.07) is 9.70. The van der Waals surface area contributed by atoms with Crippen LogP contribution in [0.1, 0.15) is 42.0 Å². The number of aromatic nitrogens is 2. The molecule has 0 saturated carbocycles. The molecule has 0 aliphatic rings. The summed E-state index contributed by atoms with van der Waals surface area (Å²) in [5.41, 5.74) is 2.64. The normalized spacial score (nSPS) is 13.4. The molecule has 6 heteroatoms. The van der Waals surface area contributed by atoms with Crippen LogP contribution in [0.5, 0.6) is 0 Å². The Bertz CT molecular complexity index is 693. The molecule has 1 heterocycles. The lowest BCUT2D eigenvalue weighted by Crippen LogP contribution is -2.34. The Hall–Kier alpha value is -1.85. The maximum absolute atomic E-state index is 12.2. The summed E-state index contributed by atoms with van der Waals surface area (Å²) < 4.78 is 7.69. The van der Waals surface area contributed by atoms with Crippen LogP contribution in [0, 0.1) is 12.8 Å². The third kappa shape index (κ3) is 6.15. The van der Waals surface area contributed by atoms with Gasteiger partial charge in [0.05, 0.1) is 6.10 Å². The highest BCUT2D eigenvalue weighted by Crippen LogP contribution is 2.14. The molecule has 1 aromatic carbocycles. The Kier molecular flexibility index (Phi) is 7.66. The van der Waals surface area contributed by atoms with E-state index in [4.69, 9.17) is 16.3 Å². The van der Waals surface area contributed by atoms with E-state index in [0.29, 0.717) is 24.8 Å². The molecule has 0 aliphatic heterocycles. The van der Waals surface area contributed by atoms with Gasteiger partial charge in [0.25, 0.3) is 5.91 Å². The number of nitrogens with zero attached hydrogens (tertiary/aromatic N) is 2. The maximum atomic E-state index is 12.2. The second kappa shape index (κ2) is 9.74. The molecule has 0 radical (unpaired) electrons. The number of hydrogen-bond acceptors (Lipinski definition) is 3. The predicted octanol–water partition coefficient (Wildman–Crippen LogP) is 3.79. The second-order valence-corrected chi connectivity index (χ2v) is 7.24.